The van der Waals surface area contributed by atoms with Crippen LogP contribution >= 0.6 is 0 Å². The van der Waals surface area contributed by atoms with Gasteiger partial charge < -0.3 is 5.11 Å². The van der Waals surface area contributed by atoms with E-state index in [2.05, 4.69) is 19.9 Å². The predicted molar refractivity (Wildman–Crippen MR) is 112 cm³/mol. The van der Waals surface area contributed by atoms with Gasteiger partial charge >= 0.3 is 0 Å². The molecule has 0 heterocycles. The molecular weight excluding hydrogens is 370 g/mol. The second-order valence-corrected chi connectivity index (χ2v) is 7.66. The number of hydrogen-bond acceptors (Lipinski definition) is 1. The van der Waals surface area contributed by atoms with Crippen molar-refractivity contribution in [3.05, 3.63) is 29.3 Å². The summed E-state index contributed by atoms with van der Waals surface area (Å²) < 4.78 is 0. The molecule has 1 rings (SSSR count). The summed E-state index contributed by atoms with van der Waals surface area (Å²) in [6.07, 6.45) is 21.0. The Hall–Kier alpha value is -0.357. The van der Waals surface area contributed by atoms with Gasteiger partial charge in [-0.05, 0) is 42.9 Å². The van der Waals surface area contributed by atoms with Gasteiger partial charge in [-0.1, -0.05) is 103 Å². The molecule has 0 aliphatic heterocycles. The Bertz CT molecular complexity index is 430. The Labute approximate surface area is 176 Å². The van der Waals surface area contributed by atoms with Gasteiger partial charge in [-0.25, -0.2) is 0 Å². The van der Waals surface area contributed by atoms with Crippen molar-refractivity contribution in [1.82, 2.24) is 0 Å². The Balaban J connectivity index is 0.00000625. The fourth-order valence-corrected chi connectivity index (χ4v) is 3.68. The largest absolute Gasteiger partial charge is 0.508 e. The number of hydrogen-bond donors (Lipinski definition) is 1. The number of rotatable bonds is 16. The first-order valence-corrected chi connectivity index (χ1v) is 11.1. The monoisotopic (exact) mass is 410 g/mol. The maximum Gasteiger partial charge on any atom is 0.119 e. The molecule has 1 N–H and O–H groups in total. The minimum atomic E-state index is 0. The number of phenolic OH excluding ortho intramolecular Hbond substituents is 1. The van der Waals surface area contributed by atoms with Gasteiger partial charge in [0.15, 0.2) is 0 Å². The molecule has 0 radical (unpaired) electrons. The maximum absolute atomic E-state index is 10.3. The molecule has 0 aromatic heterocycles. The van der Waals surface area contributed by atoms with Crippen molar-refractivity contribution in [2.24, 2.45) is 0 Å². The van der Waals surface area contributed by atoms with Gasteiger partial charge in [-0.2, -0.15) is 0 Å². The topological polar surface area (TPSA) is 20.2 Å². The zero-order valence-corrected chi connectivity index (χ0v) is 20.7. The quantitative estimate of drug-likeness (QED) is 0.216. The summed E-state index contributed by atoms with van der Waals surface area (Å²) in [4.78, 5) is 0. The van der Waals surface area contributed by atoms with Crippen molar-refractivity contribution in [3.63, 3.8) is 0 Å². The van der Waals surface area contributed by atoms with E-state index in [0.717, 1.165) is 12.8 Å². The maximum atomic E-state index is 10.3. The predicted octanol–water partition coefficient (Wildman–Crippen LogP) is 7.98. The first kappa shape index (κ1) is 25.6. The van der Waals surface area contributed by atoms with E-state index in [1.165, 1.54) is 101 Å². The molecule has 1 aromatic rings. The van der Waals surface area contributed by atoms with Crippen molar-refractivity contribution in [1.29, 1.82) is 0 Å². The van der Waals surface area contributed by atoms with E-state index in [1.807, 2.05) is 12.1 Å². The van der Waals surface area contributed by atoms with Gasteiger partial charge in [0.25, 0.3) is 0 Å². The summed E-state index contributed by atoms with van der Waals surface area (Å²) in [6, 6.07) is 6.11. The fourth-order valence-electron chi connectivity index (χ4n) is 3.68. The van der Waals surface area contributed by atoms with Gasteiger partial charge in [0.1, 0.15) is 5.75 Å². The number of phenols is 1. The van der Waals surface area contributed by atoms with Crippen molar-refractivity contribution in [2.45, 2.75) is 117 Å². The first-order valence-electron chi connectivity index (χ1n) is 11.1. The van der Waals surface area contributed by atoms with E-state index in [9.17, 15) is 5.11 Å². The average Bonchev–Trinajstić information content (AvgIpc) is 2.62. The molecule has 0 bridgehead atoms. The third-order valence-electron chi connectivity index (χ3n) is 5.33. The van der Waals surface area contributed by atoms with Gasteiger partial charge in [0.05, 0.1) is 0 Å². The minimum Gasteiger partial charge on any atom is -0.508 e. The Morgan fingerprint density at radius 3 is 1.62 bits per heavy atom. The average molecular weight is 412 g/mol. The molecule has 0 spiro atoms. The van der Waals surface area contributed by atoms with Crippen LogP contribution in [0.4, 0.5) is 0 Å². The van der Waals surface area contributed by atoms with Crippen LogP contribution in [-0.2, 0) is 32.3 Å². The number of benzene rings is 1. The molecule has 1 nitrogen and oxygen atoms in total. The molecule has 0 atom stereocenters. The second kappa shape index (κ2) is 18.0. The smallest absolute Gasteiger partial charge is 0.119 e. The molecule has 1 aromatic carbocycles. The summed E-state index contributed by atoms with van der Waals surface area (Å²) in [5, 5.41) is 10.3. The standard InChI is InChI=1S/C24H42O.Zn/c1-3-5-7-9-11-13-15-18-22-19-17-21-24(25)23(22)20-16-14-12-10-8-6-4-2;/h17,19,21,25H,3-16,18,20H2,1-2H3;. The summed E-state index contributed by atoms with van der Waals surface area (Å²) in [5.41, 5.74) is 2.61. The molecule has 2 heteroatoms. The van der Waals surface area contributed by atoms with Gasteiger partial charge in [0.2, 0.25) is 0 Å². The summed E-state index contributed by atoms with van der Waals surface area (Å²) in [7, 11) is 0. The summed E-state index contributed by atoms with van der Waals surface area (Å²) >= 11 is 0. The van der Waals surface area contributed by atoms with Crippen LogP contribution in [0.2, 0.25) is 0 Å². The molecule has 26 heavy (non-hydrogen) atoms. The zero-order valence-electron chi connectivity index (χ0n) is 17.7. The van der Waals surface area contributed by atoms with Crippen LogP contribution in [0.5, 0.6) is 5.75 Å². The molecule has 0 aliphatic carbocycles. The molecule has 0 unspecified atom stereocenters. The van der Waals surface area contributed by atoms with E-state index >= 15 is 0 Å². The van der Waals surface area contributed by atoms with Gasteiger partial charge in [-0.15, -0.1) is 0 Å². The fraction of sp³-hybridized carbons (Fsp3) is 0.750. The van der Waals surface area contributed by atoms with Gasteiger partial charge in [-0.3, -0.25) is 0 Å². The molecular formula is C24H42OZn. The van der Waals surface area contributed by atoms with Crippen LogP contribution in [0.25, 0.3) is 0 Å². The van der Waals surface area contributed by atoms with Crippen LogP contribution in [0.1, 0.15) is 115 Å². The second-order valence-electron chi connectivity index (χ2n) is 7.66. The van der Waals surface area contributed by atoms with Crippen molar-refractivity contribution in [3.8, 4) is 5.75 Å². The van der Waals surface area contributed by atoms with E-state index in [-0.39, 0.29) is 19.5 Å². The Morgan fingerprint density at radius 2 is 1.08 bits per heavy atom. The SMILES string of the molecule is CCCCCCCCCc1cccc(O)c1CCCCCCCCC.[Zn]. The zero-order chi connectivity index (χ0) is 18.2. The van der Waals surface area contributed by atoms with Crippen LogP contribution < -0.4 is 0 Å². The molecule has 0 aliphatic rings. The normalized spacial score (nSPS) is 10.7. The Kier molecular flexibility index (Phi) is 17.8. The van der Waals surface area contributed by atoms with Crippen molar-refractivity contribution in [2.75, 3.05) is 0 Å². The van der Waals surface area contributed by atoms with Crippen LogP contribution in [0, 0.1) is 0 Å². The van der Waals surface area contributed by atoms with Crippen LogP contribution in [-0.4, -0.2) is 5.11 Å². The molecule has 0 fully saturated rings. The van der Waals surface area contributed by atoms with E-state index < -0.39 is 0 Å². The third-order valence-corrected chi connectivity index (χ3v) is 5.33. The summed E-state index contributed by atoms with van der Waals surface area (Å²) in [6.45, 7) is 4.54. The van der Waals surface area contributed by atoms with Crippen LogP contribution in [0.3, 0.4) is 0 Å². The molecule has 0 saturated heterocycles. The molecule has 0 amide bonds. The number of aryl methyl sites for hydroxylation is 1. The molecule has 146 valence electrons. The summed E-state index contributed by atoms with van der Waals surface area (Å²) in [5.74, 6) is 0.520. The van der Waals surface area contributed by atoms with Crippen molar-refractivity contribution >= 4 is 0 Å². The van der Waals surface area contributed by atoms with E-state index in [0.29, 0.717) is 5.75 Å². The van der Waals surface area contributed by atoms with E-state index in [1.54, 1.807) is 0 Å². The third kappa shape index (κ3) is 12.1. The Morgan fingerprint density at radius 1 is 0.615 bits per heavy atom. The van der Waals surface area contributed by atoms with E-state index in [4.69, 9.17) is 0 Å². The number of unbranched alkanes of at least 4 members (excludes halogenated alkanes) is 12. The number of aromatic hydroxyl groups is 1. The molecule has 0 saturated carbocycles. The minimum absolute atomic E-state index is 0. The van der Waals surface area contributed by atoms with Gasteiger partial charge in [0, 0.05) is 19.5 Å². The van der Waals surface area contributed by atoms with Crippen molar-refractivity contribution < 1.29 is 24.6 Å². The van der Waals surface area contributed by atoms with Crippen LogP contribution in [0.15, 0.2) is 18.2 Å². The first-order chi connectivity index (χ1) is 12.3.